The fraction of sp³-hybridized carbons (Fsp3) is 0.500. The largest absolute Gasteiger partial charge is 0.394 e. The first kappa shape index (κ1) is 23.9. The van der Waals surface area contributed by atoms with Crippen LogP contribution in [0, 0.1) is 0 Å². The third-order valence-electron chi connectivity index (χ3n) is 2.22. The minimum atomic E-state index is -0.763. The number of aliphatic hydroxyl groups is 2. The van der Waals surface area contributed by atoms with Gasteiger partial charge in [0.1, 0.15) is 0 Å². The Morgan fingerprint density at radius 3 is 1.25 bits per heavy atom. The molecule has 0 fully saturated rings. The fourth-order valence-electron chi connectivity index (χ4n) is 1.02. The zero-order valence-corrected chi connectivity index (χ0v) is 14.0. The van der Waals surface area contributed by atoms with Gasteiger partial charge in [0.15, 0.2) is 0 Å². The first-order valence-electron chi connectivity index (χ1n) is 7.18. The number of unbranched alkanes of at least 4 members (excludes halogenated alkanes) is 1. The molecule has 0 unspecified atom stereocenters. The lowest BCUT2D eigenvalue weighted by Crippen LogP contribution is -2.14. The van der Waals surface area contributed by atoms with Crippen LogP contribution in [0.2, 0.25) is 0 Å². The van der Waals surface area contributed by atoms with Crippen molar-refractivity contribution in [1.82, 2.24) is 0 Å². The van der Waals surface area contributed by atoms with Crippen LogP contribution in [0.1, 0.15) is 39.5 Å². The quantitative estimate of drug-likeness (QED) is 0.287. The van der Waals surface area contributed by atoms with Crippen molar-refractivity contribution in [1.29, 1.82) is 0 Å². The first-order valence-corrected chi connectivity index (χ1v) is 7.18. The van der Waals surface area contributed by atoms with E-state index in [9.17, 15) is 19.2 Å². The molecule has 0 rings (SSSR count). The second-order valence-corrected chi connectivity index (χ2v) is 4.74. The van der Waals surface area contributed by atoms with Crippen LogP contribution < -0.4 is 0 Å². The number of esters is 4. The van der Waals surface area contributed by atoms with Crippen molar-refractivity contribution in [3.8, 4) is 0 Å². The predicted molar refractivity (Wildman–Crippen MR) is 84.5 cm³/mol. The summed E-state index contributed by atoms with van der Waals surface area (Å²) in [6.45, 7) is 9.30. The Hall–Kier alpha value is -2.32. The van der Waals surface area contributed by atoms with Gasteiger partial charge in [-0.05, 0) is 26.7 Å². The maximum Gasteiger partial charge on any atom is 0.340 e. The summed E-state index contributed by atoms with van der Waals surface area (Å²) in [7, 11) is 0. The maximum atomic E-state index is 11.2. The SMILES string of the molecule is C=C(C)C(=O)OC(=O)CCCCC(=O)OC(=O)C(=C)C.OCCO. The number of aliphatic hydroxyl groups excluding tert-OH is 2. The molecule has 0 bridgehead atoms. The molecule has 0 radical (unpaired) electrons. The minimum absolute atomic E-state index is 0.000727. The lowest BCUT2D eigenvalue weighted by atomic mass is 10.2. The van der Waals surface area contributed by atoms with E-state index in [1.165, 1.54) is 13.8 Å². The third kappa shape index (κ3) is 14.6. The minimum Gasteiger partial charge on any atom is -0.394 e. The normalized spacial score (nSPS) is 9.17. The van der Waals surface area contributed by atoms with Crippen molar-refractivity contribution in [2.75, 3.05) is 13.2 Å². The van der Waals surface area contributed by atoms with Crippen LogP contribution in [-0.4, -0.2) is 47.3 Å². The molecule has 0 aliphatic carbocycles. The molecule has 0 spiro atoms. The third-order valence-corrected chi connectivity index (χ3v) is 2.22. The van der Waals surface area contributed by atoms with Crippen molar-refractivity contribution < 1.29 is 38.9 Å². The molecule has 136 valence electrons. The molecular weight excluding hydrogens is 320 g/mol. The topological polar surface area (TPSA) is 127 Å². The molecule has 0 aliphatic heterocycles. The van der Waals surface area contributed by atoms with Crippen molar-refractivity contribution in [2.24, 2.45) is 0 Å². The molecular formula is C16H24O8. The molecule has 8 heteroatoms. The molecule has 0 heterocycles. The number of ether oxygens (including phenoxy) is 2. The molecule has 0 atom stereocenters. The maximum absolute atomic E-state index is 11.2. The zero-order chi connectivity index (χ0) is 19.1. The summed E-state index contributed by atoms with van der Waals surface area (Å²) in [5, 5.41) is 15.2. The van der Waals surface area contributed by atoms with Crippen LogP contribution in [0.5, 0.6) is 0 Å². The van der Waals surface area contributed by atoms with Gasteiger partial charge in [0.2, 0.25) is 0 Å². The van der Waals surface area contributed by atoms with Gasteiger partial charge in [-0.15, -0.1) is 0 Å². The summed E-state index contributed by atoms with van der Waals surface area (Å²) in [6, 6.07) is 0. The molecule has 8 nitrogen and oxygen atoms in total. The van der Waals surface area contributed by atoms with Gasteiger partial charge in [-0.25, -0.2) is 9.59 Å². The van der Waals surface area contributed by atoms with E-state index in [2.05, 4.69) is 22.6 Å². The highest BCUT2D eigenvalue weighted by molar-refractivity contribution is 5.95. The van der Waals surface area contributed by atoms with E-state index >= 15 is 0 Å². The Kier molecular flexibility index (Phi) is 14.2. The summed E-state index contributed by atoms with van der Waals surface area (Å²) >= 11 is 0. The lowest BCUT2D eigenvalue weighted by Gasteiger charge is -2.03. The molecule has 0 saturated carbocycles. The number of rotatable bonds is 8. The molecule has 0 amide bonds. The Morgan fingerprint density at radius 1 is 0.750 bits per heavy atom. The van der Waals surface area contributed by atoms with Crippen molar-refractivity contribution >= 4 is 23.9 Å². The summed E-state index contributed by atoms with van der Waals surface area (Å²) in [6.07, 6.45) is 0.693. The Morgan fingerprint density at radius 2 is 1.04 bits per heavy atom. The van der Waals surface area contributed by atoms with Crippen LogP contribution >= 0.6 is 0 Å². The van der Waals surface area contributed by atoms with Gasteiger partial charge in [-0.3, -0.25) is 9.59 Å². The number of carbonyl (C=O) groups is 4. The highest BCUT2D eigenvalue weighted by Crippen LogP contribution is 2.05. The highest BCUT2D eigenvalue weighted by Gasteiger charge is 2.13. The molecule has 0 aromatic heterocycles. The lowest BCUT2D eigenvalue weighted by molar-refractivity contribution is -0.159. The zero-order valence-electron chi connectivity index (χ0n) is 14.0. The van der Waals surface area contributed by atoms with Crippen LogP contribution in [0.3, 0.4) is 0 Å². The average molecular weight is 344 g/mol. The molecule has 0 aliphatic rings. The monoisotopic (exact) mass is 344 g/mol. The molecule has 0 saturated heterocycles. The van der Waals surface area contributed by atoms with Gasteiger partial charge in [0.25, 0.3) is 0 Å². The van der Waals surface area contributed by atoms with E-state index in [4.69, 9.17) is 10.2 Å². The number of carbonyl (C=O) groups excluding carboxylic acids is 4. The number of hydrogen-bond donors (Lipinski definition) is 2. The van der Waals surface area contributed by atoms with Gasteiger partial charge in [-0.2, -0.15) is 0 Å². The first-order chi connectivity index (χ1) is 11.1. The van der Waals surface area contributed by atoms with Crippen LogP contribution in [-0.2, 0) is 28.7 Å². The summed E-state index contributed by atoms with van der Waals surface area (Å²) < 4.78 is 8.91. The Balaban J connectivity index is 0. The molecule has 24 heavy (non-hydrogen) atoms. The number of hydrogen-bond acceptors (Lipinski definition) is 8. The molecule has 0 aromatic rings. The summed E-state index contributed by atoms with van der Waals surface area (Å²) in [5.41, 5.74) is 0.278. The van der Waals surface area contributed by atoms with Gasteiger partial charge >= 0.3 is 23.9 Å². The molecule has 0 aromatic carbocycles. The van der Waals surface area contributed by atoms with Crippen molar-refractivity contribution in [3.63, 3.8) is 0 Å². The van der Waals surface area contributed by atoms with Gasteiger partial charge < -0.3 is 19.7 Å². The van der Waals surface area contributed by atoms with E-state index in [0.29, 0.717) is 12.8 Å². The highest BCUT2D eigenvalue weighted by atomic mass is 16.6. The van der Waals surface area contributed by atoms with Crippen LogP contribution in [0.25, 0.3) is 0 Å². The van der Waals surface area contributed by atoms with Gasteiger partial charge in [-0.1, -0.05) is 13.2 Å². The second-order valence-electron chi connectivity index (χ2n) is 4.74. The van der Waals surface area contributed by atoms with E-state index in [1.807, 2.05) is 0 Å². The summed E-state index contributed by atoms with van der Waals surface area (Å²) in [5.74, 6) is -2.88. The predicted octanol–water partition coefficient (Wildman–Crippen LogP) is 0.810. The molecule has 2 N–H and O–H groups in total. The van der Waals surface area contributed by atoms with Gasteiger partial charge in [0, 0.05) is 24.0 Å². The van der Waals surface area contributed by atoms with Crippen LogP contribution in [0.4, 0.5) is 0 Å². The Bertz CT molecular complexity index is 434. The van der Waals surface area contributed by atoms with Crippen molar-refractivity contribution in [2.45, 2.75) is 39.5 Å². The summed E-state index contributed by atoms with van der Waals surface area (Å²) in [4.78, 5) is 44.4. The van der Waals surface area contributed by atoms with Gasteiger partial charge in [0.05, 0.1) is 13.2 Å². The fourth-order valence-corrected chi connectivity index (χ4v) is 1.02. The van der Waals surface area contributed by atoms with Crippen molar-refractivity contribution in [3.05, 3.63) is 24.3 Å². The smallest absolute Gasteiger partial charge is 0.340 e. The van der Waals surface area contributed by atoms with E-state index in [0.717, 1.165) is 0 Å². The van der Waals surface area contributed by atoms with E-state index in [-0.39, 0.29) is 37.2 Å². The van der Waals surface area contributed by atoms with E-state index < -0.39 is 23.9 Å². The Labute approximate surface area is 140 Å². The van der Waals surface area contributed by atoms with Crippen LogP contribution in [0.15, 0.2) is 24.3 Å². The second kappa shape index (κ2) is 14.3. The standard InChI is InChI=1S/C14H18O6.C2H6O2/c1-9(2)13(17)19-11(15)7-5-6-8-12(16)20-14(18)10(3)4;3-1-2-4/h1,3,5-8H2,2,4H3;3-4H,1-2H2. The van der Waals surface area contributed by atoms with E-state index in [1.54, 1.807) is 0 Å². The average Bonchev–Trinajstić information content (AvgIpc) is 2.51.